The summed E-state index contributed by atoms with van der Waals surface area (Å²) in [5, 5.41) is 2.16. The molecule has 1 aliphatic heterocycles. The van der Waals surface area contributed by atoms with E-state index in [-0.39, 0.29) is 18.3 Å². The monoisotopic (exact) mass is 444 g/mol. The summed E-state index contributed by atoms with van der Waals surface area (Å²) in [6, 6.07) is 9.84. The standard InChI is InChI=1S/C21H19F3N6O2/c1-13-3-4-16(10-25-13)29-11-14-9-26-19(27-12-21(22,23)24)28-18(14)30(20(29)31)15-5-7-17(32-2)8-6-15/h3-10H,11-12H2,1-2H3,(H,26,27,28). The van der Waals surface area contributed by atoms with Gasteiger partial charge in [-0.25, -0.2) is 14.7 Å². The number of fused-ring (bicyclic) bond motifs is 1. The van der Waals surface area contributed by atoms with Crippen LogP contribution in [0.3, 0.4) is 0 Å². The fourth-order valence-corrected chi connectivity index (χ4v) is 3.20. The molecule has 0 fully saturated rings. The van der Waals surface area contributed by atoms with E-state index in [2.05, 4.69) is 20.3 Å². The minimum absolute atomic E-state index is 0.144. The first-order valence-electron chi connectivity index (χ1n) is 9.60. The average molecular weight is 444 g/mol. The molecule has 0 unspecified atom stereocenters. The largest absolute Gasteiger partial charge is 0.497 e. The molecule has 0 spiro atoms. The van der Waals surface area contributed by atoms with Crippen molar-refractivity contribution in [2.24, 2.45) is 0 Å². The van der Waals surface area contributed by atoms with Crippen molar-refractivity contribution in [3.8, 4) is 5.75 Å². The maximum atomic E-state index is 13.5. The number of hydrogen-bond acceptors (Lipinski definition) is 6. The van der Waals surface area contributed by atoms with E-state index in [0.29, 0.717) is 22.7 Å². The Hall–Kier alpha value is -3.89. The number of urea groups is 1. The zero-order chi connectivity index (χ0) is 22.9. The van der Waals surface area contributed by atoms with E-state index in [9.17, 15) is 18.0 Å². The summed E-state index contributed by atoms with van der Waals surface area (Å²) in [7, 11) is 1.52. The molecule has 32 heavy (non-hydrogen) atoms. The van der Waals surface area contributed by atoms with Crippen LogP contribution in [0.15, 0.2) is 48.8 Å². The Balaban J connectivity index is 1.76. The molecule has 11 heteroatoms. The number of aromatic nitrogens is 3. The van der Waals surface area contributed by atoms with E-state index in [4.69, 9.17) is 4.74 Å². The molecular formula is C21H19F3N6O2. The first-order chi connectivity index (χ1) is 15.2. The summed E-state index contributed by atoms with van der Waals surface area (Å²) < 4.78 is 43.0. The molecule has 0 bridgehead atoms. The number of methoxy groups -OCH3 is 1. The van der Waals surface area contributed by atoms with Gasteiger partial charge in [-0.1, -0.05) is 0 Å². The molecule has 2 amide bonds. The number of alkyl halides is 3. The third kappa shape index (κ3) is 4.41. The topological polar surface area (TPSA) is 83.5 Å². The van der Waals surface area contributed by atoms with Crippen LogP contribution < -0.4 is 19.9 Å². The molecule has 166 valence electrons. The van der Waals surface area contributed by atoms with Gasteiger partial charge in [0.2, 0.25) is 5.95 Å². The van der Waals surface area contributed by atoms with Crippen molar-refractivity contribution in [1.82, 2.24) is 15.0 Å². The van der Waals surface area contributed by atoms with Gasteiger partial charge in [0.1, 0.15) is 12.3 Å². The van der Waals surface area contributed by atoms with Crippen molar-refractivity contribution >= 4 is 29.2 Å². The van der Waals surface area contributed by atoms with Gasteiger partial charge in [-0.05, 0) is 43.3 Å². The molecule has 8 nitrogen and oxygen atoms in total. The van der Waals surface area contributed by atoms with E-state index >= 15 is 0 Å². The van der Waals surface area contributed by atoms with Crippen LogP contribution >= 0.6 is 0 Å². The summed E-state index contributed by atoms with van der Waals surface area (Å²) >= 11 is 0. The molecule has 3 aromatic rings. The Morgan fingerprint density at radius 3 is 2.41 bits per heavy atom. The van der Waals surface area contributed by atoms with Crippen molar-refractivity contribution in [2.45, 2.75) is 19.6 Å². The molecule has 1 N–H and O–H groups in total. The van der Waals surface area contributed by atoms with Crippen LogP contribution in [-0.2, 0) is 6.54 Å². The first-order valence-corrected chi connectivity index (χ1v) is 9.60. The highest BCUT2D eigenvalue weighted by molar-refractivity contribution is 6.10. The molecule has 0 atom stereocenters. The molecule has 0 saturated carbocycles. The van der Waals surface area contributed by atoms with Gasteiger partial charge in [0.25, 0.3) is 0 Å². The molecule has 3 heterocycles. The van der Waals surface area contributed by atoms with Crippen molar-refractivity contribution in [3.05, 3.63) is 60.0 Å². The molecule has 4 rings (SSSR count). The van der Waals surface area contributed by atoms with Crippen LogP contribution in [0.25, 0.3) is 0 Å². The molecule has 1 aliphatic rings. The van der Waals surface area contributed by atoms with E-state index in [1.165, 1.54) is 23.1 Å². The number of nitrogens with zero attached hydrogens (tertiary/aromatic N) is 5. The highest BCUT2D eigenvalue weighted by atomic mass is 19.4. The SMILES string of the molecule is COc1ccc(N2C(=O)N(c3ccc(C)nc3)Cc3cnc(NCC(F)(F)F)nc32)cc1. The molecular weight excluding hydrogens is 425 g/mol. The first kappa shape index (κ1) is 21.3. The normalized spacial score (nSPS) is 13.7. The lowest BCUT2D eigenvalue weighted by molar-refractivity contribution is -0.115. The van der Waals surface area contributed by atoms with E-state index < -0.39 is 18.8 Å². The summed E-state index contributed by atoms with van der Waals surface area (Å²) in [5.74, 6) is 0.572. The second kappa shape index (κ2) is 8.33. The Labute approximate surface area is 181 Å². The molecule has 2 aromatic heterocycles. The third-order valence-electron chi connectivity index (χ3n) is 4.79. The van der Waals surface area contributed by atoms with Gasteiger partial charge in [-0.15, -0.1) is 0 Å². The Morgan fingerprint density at radius 2 is 1.78 bits per heavy atom. The van der Waals surface area contributed by atoms with E-state index in [1.807, 2.05) is 6.92 Å². The van der Waals surface area contributed by atoms with Crippen molar-refractivity contribution < 1.29 is 22.7 Å². The maximum Gasteiger partial charge on any atom is 0.405 e. The number of aryl methyl sites for hydroxylation is 1. The van der Waals surface area contributed by atoms with Gasteiger partial charge >= 0.3 is 12.2 Å². The summed E-state index contributed by atoms with van der Waals surface area (Å²) in [5.41, 5.74) is 2.42. The lowest BCUT2D eigenvalue weighted by Crippen LogP contribution is -2.45. The minimum atomic E-state index is -4.43. The van der Waals surface area contributed by atoms with Crippen LogP contribution in [0, 0.1) is 6.92 Å². The number of carbonyl (C=O) groups excluding carboxylic acids is 1. The van der Waals surface area contributed by atoms with Gasteiger partial charge in [-0.3, -0.25) is 9.88 Å². The van der Waals surface area contributed by atoms with Gasteiger partial charge in [-0.2, -0.15) is 18.2 Å². The number of anilines is 4. The van der Waals surface area contributed by atoms with Crippen LogP contribution in [0.4, 0.5) is 41.1 Å². The number of pyridine rings is 1. The predicted octanol–water partition coefficient (Wildman–Crippen LogP) is 4.44. The van der Waals surface area contributed by atoms with Gasteiger partial charge in [0, 0.05) is 17.5 Å². The van der Waals surface area contributed by atoms with Gasteiger partial charge < -0.3 is 10.1 Å². The summed E-state index contributed by atoms with van der Waals surface area (Å²) in [6.45, 7) is 0.693. The molecule has 0 saturated heterocycles. The zero-order valence-electron chi connectivity index (χ0n) is 17.2. The Morgan fingerprint density at radius 1 is 1.06 bits per heavy atom. The van der Waals surface area contributed by atoms with Crippen LogP contribution in [0.1, 0.15) is 11.3 Å². The molecule has 1 aromatic carbocycles. The van der Waals surface area contributed by atoms with E-state index in [1.54, 1.807) is 42.6 Å². The van der Waals surface area contributed by atoms with Crippen molar-refractivity contribution in [3.63, 3.8) is 0 Å². The Bertz CT molecular complexity index is 1120. The molecule has 0 radical (unpaired) electrons. The highest BCUT2D eigenvalue weighted by Gasteiger charge is 2.35. The number of nitrogens with one attached hydrogen (secondary N) is 1. The number of halogens is 3. The van der Waals surface area contributed by atoms with Crippen molar-refractivity contribution in [1.29, 1.82) is 0 Å². The number of carbonyl (C=O) groups is 1. The smallest absolute Gasteiger partial charge is 0.405 e. The number of hydrogen-bond donors (Lipinski definition) is 1. The average Bonchev–Trinajstić information content (AvgIpc) is 2.77. The molecule has 0 aliphatic carbocycles. The quantitative estimate of drug-likeness (QED) is 0.627. The van der Waals surface area contributed by atoms with E-state index in [0.717, 1.165) is 5.69 Å². The lowest BCUT2D eigenvalue weighted by atomic mass is 10.1. The lowest BCUT2D eigenvalue weighted by Gasteiger charge is -2.36. The fourth-order valence-electron chi connectivity index (χ4n) is 3.20. The van der Waals surface area contributed by atoms with Crippen LogP contribution in [0.5, 0.6) is 5.75 Å². The highest BCUT2D eigenvalue weighted by Crippen LogP contribution is 2.36. The summed E-state index contributed by atoms with van der Waals surface area (Å²) in [4.78, 5) is 28.8. The Kier molecular flexibility index (Phi) is 5.56. The predicted molar refractivity (Wildman–Crippen MR) is 112 cm³/mol. The van der Waals surface area contributed by atoms with Crippen LogP contribution in [-0.4, -0.2) is 40.8 Å². The van der Waals surface area contributed by atoms with Gasteiger partial charge in [0.15, 0.2) is 5.82 Å². The van der Waals surface area contributed by atoms with Gasteiger partial charge in [0.05, 0.1) is 31.2 Å². The minimum Gasteiger partial charge on any atom is -0.497 e. The summed E-state index contributed by atoms with van der Waals surface area (Å²) in [6.07, 6.45) is -1.43. The third-order valence-corrected chi connectivity index (χ3v) is 4.79. The number of amides is 2. The second-order valence-corrected chi connectivity index (χ2v) is 7.07. The van der Waals surface area contributed by atoms with Crippen LogP contribution in [0.2, 0.25) is 0 Å². The maximum absolute atomic E-state index is 13.5. The number of ether oxygens (including phenoxy) is 1. The fraction of sp³-hybridized carbons (Fsp3) is 0.238. The number of rotatable bonds is 5. The zero-order valence-corrected chi connectivity index (χ0v) is 17.2. The number of benzene rings is 1. The second-order valence-electron chi connectivity index (χ2n) is 7.07. The van der Waals surface area contributed by atoms with Crippen molar-refractivity contribution in [2.75, 3.05) is 28.8 Å².